The average Bonchev–Trinajstić information content (AvgIpc) is 2.71. The first-order chi connectivity index (χ1) is 7.40. The molecule has 1 aromatic rings. The highest BCUT2D eigenvalue weighted by Gasteiger charge is 2.11. The van der Waals surface area contributed by atoms with Crippen LogP contribution in [0.4, 0.5) is 5.82 Å². The first kappa shape index (κ1) is 10.4. The maximum Gasteiger partial charge on any atom is 0.126 e. The normalized spacial score (nSPS) is 13.9. The number of nitrogens with one attached hydrogen (secondary N) is 2. The Labute approximate surface area is 91.3 Å². The van der Waals surface area contributed by atoms with E-state index in [1.54, 1.807) is 0 Å². The van der Waals surface area contributed by atoms with Crippen LogP contribution in [-0.4, -0.2) is 24.6 Å². The Balaban J connectivity index is 1.87. The van der Waals surface area contributed by atoms with Gasteiger partial charge < -0.3 is 10.6 Å². The van der Waals surface area contributed by atoms with Gasteiger partial charge in [0.05, 0.1) is 0 Å². The molecule has 0 spiro atoms. The summed E-state index contributed by atoms with van der Waals surface area (Å²) >= 11 is 0. The molecule has 0 aromatic carbocycles. The maximum atomic E-state index is 4.61. The van der Waals surface area contributed by atoms with Gasteiger partial charge >= 0.3 is 0 Å². The lowest BCUT2D eigenvalue weighted by Gasteiger charge is -2.07. The minimum absolute atomic E-state index is 0.944. The van der Waals surface area contributed by atoms with Crippen molar-refractivity contribution >= 4 is 5.82 Å². The van der Waals surface area contributed by atoms with Crippen LogP contribution in [0, 0.1) is 0 Å². The molecule has 82 valence electrons. The summed E-state index contributed by atoms with van der Waals surface area (Å²) in [6, 6.07) is 4.31. The maximum absolute atomic E-state index is 4.61. The first-order valence-corrected chi connectivity index (χ1v) is 5.83. The number of rotatable bonds is 5. The van der Waals surface area contributed by atoms with Gasteiger partial charge in [0, 0.05) is 18.8 Å². The molecule has 0 unspecified atom stereocenters. The Morgan fingerprint density at radius 3 is 3.07 bits per heavy atom. The van der Waals surface area contributed by atoms with Crippen molar-refractivity contribution < 1.29 is 0 Å². The standard InChI is InChI=1S/C12H19N3/c1-2-13-8-9-14-12-7-6-10-4-3-5-11(10)15-12/h6-7,13H,2-5,8-9H2,1H3,(H,14,15). The molecule has 2 N–H and O–H groups in total. The quantitative estimate of drug-likeness (QED) is 0.717. The molecule has 3 nitrogen and oxygen atoms in total. The summed E-state index contributed by atoms with van der Waals surface area (Å²) < 4.78 is 0. The molecule has 0 bridgehead atoms. The van der Waals surface area contributed by atoms with Crippen molar-refractivity contribution in [1.82, 2.24) is 10.3 Å². The van der Waals surface area contributed by atoms with Gasteiger partial charge in [-0.3, -0.25) is 0 Å². The molecular weight excluding hydrogens is 186 g/mol. The third-order valence-electron chi connectivity index (χ3n) is 2.79. The highest BCUT2D eigenvalue weighted by Crippen LogP contribution is 2.21. The second-order valence-electron chi connectivity index (χ2n) is 3.94. The van der Waals surface area contributed by atoms with Crippen LogP contribution in [0.5, 0.6) is 0 Å². The van der Waals surface area contributed by atoms with Crippen molar-refractivity contribution in [2.24, 2.45) is 0 Å². The molecule has 0 amide bonds. The molecule has 0 fully saturated rings. The zero-order valence-electron chi connectivity index (χ0n) is 9.34. The lowest BCUT2D eigenvalue weighted by molar-refractivity contribution is 0.737. The zero-order chi connectivity index (χ0) is 10.5. The fourth-order valence-electron chi connectivity index (χ4n) is 1.97. The SMILES string of the molecule is CCNCCNc1ccc2c(n1)CCC2. The molecule has 0 saturated heterocycles. The zero-order valence-corrected chi connectivity index (χ0v) is 9.34. The number of anilines is 1. The van der Waals surface area contributed by atoms with Crippen LogP contribution < -0.4 is 10.6 Å². The number of hydrogen-bond acceptors (Lipinski definition) is 3. The van der Waals surface area contributed by atoms with E-state index in [2.05, 4.69) is 34.7 Å². The molecule has 1 aromatic heterocycles. The number of pyridine rings is 1. The van der Waals surface area contributed by atoms with E-state index >= 15 is 0 Å². The molecule has 15 heavy (non-hydrogen) atoms. The Morgan fingerprint density at radius 1 is 1.27 bits per heavy atom. The van der Waals surface area contributed by atoms with Gasteiger partial charge in [-0.05, 0) is 37.4 Å². The largest absolute Gasteiger partial charge is 0.369 e. The molecule has 1 aliphatic carbocycles. The van der Waals surface area contributed by atoms with Gasteiger partial charge in [0.15, 0.2) is 0 Å². The summed E-state index contributed by atoms with van der Waals surface area (Å²) in [5.41, 5.74) is 2.73. The van der Waals surface area contributed by atoms with Crippen molar-refractivity contribution in [1.29, 1.82) is 0 Å². The topological polar surface area (TPSA) is 37.0 Å². The van der Waals surface area contributed by atoms with E-state index in [0.29, 0.717) is 0 Å². The van der Waals surface area contributed by atoms with Crippen LogP contribution in [0.3, 0.4) is 0 Å². The van der Waals surface area contributed by atoms with Crippen LogP contribution >= 0.6 is 0 Å². The molecule has 0 saturated carbocycles. The van der Waals surface area contributed by atoms with E-state index in [9.17, 15) is 0 Å². The number of likely N-dealkylation sites (N-methyl/N-ethyl adjacent to an activating group) is 1. The van der Waals surface area contributed by atoms with Gasteiger partial charge in [-0.1, -0.05) is 13.0 Å². The summed E-state index contributed by atoms with van der Waals surface area (Å²) in [6.07, 6.45) is 3.63. The van der Waals surface area contributed by atoms with Crippen LogP contribution in [0.25, 0.3) is 0 Å². The van der Waals surface area contributed by atoms with E-state index < -0.39 is 0 Å². The summed E-state index contributed by atoms with van der Waals surface area (Å²) in [5.74, 6) is 1.02. The molecule has 0 atom stereocenters. The Kier molecular flexibility index (Phi) is 3.56. The van der Waals surface area contributed by atoms with Crippen molar-refractivity contribution in [3.63, 3.8) is 0 Å². The van der Waals surface area contributed by atoms with Crippen molar-refractivity contribution in [3.05, 3.63) is 23.4 Å². The lowest BCUT2D eigenvalue weighted by Crippen LogP contribution is -2.21. The average molecular weight is 205 g/mol. The first-order valence-electron chi connectivity index (χ1n) is 5.83. The molecule has 0 aliphatic heterocycles. The second kappa shape index (κ2) is 5.12. The predicted molar refractivity (Wildman–Crippen MR) is 63.3 cm³/mol. The number of nitrogens with zero attached hydrogens (tertiary/aromatic N) is 1. The van der Waals surface area contributed by atoms with Gasteiger partial charge in [-0.15, -0.1) is 0 Å². The number of fused-ring (bicyclic) bond motifs is 1. The van der Waals surface area contributed by atoms with E-state index in [0.717, 1.165) is 31.9 Å². The Bertz CT molecular complexity index is 323. The Morgan fingerprint density at radius 2 is 2.20 bits per heavy atom. The summed E-state index contributed by atoms with van der Waals surface area (Å²) in [6.45, 7) is 5.09. The molecule has 2 rings (SSSR count). The predicted octanol–water partition coefficient (Wildman–Crippen LogP) is 1.59. The molecule has 0 radical (unpaired) electrons. The number of hydrogen-bond donors (Lipinski definition) is 2. The Hall–Kier alpha value is -1.09. The van der Waals surface area contributed by atoms with E-state index in [4.69, 9.17) is 0 Å². The fourth-order valence-corrected chi connectivity index (χ4v) is 1.97. The summed E-state index contributed by atoms with van der Waals surface area (Å²) in [5, 5.41) is 6.62. The summed E-state index contributed by atoms with van der Waals surface area (Å²) in [7, 11) is 0. The molecule has 3 heteroatoms. The number of aryl methyl sites for hydroxylation is 2. The van der Waals surface area contributed by atoms with Crippen molar-refractivity contribution in [2.45, 2.75) is 26.2 Å². The van der Waals surface area contributed by atoms with Gasteiger partial charge in [0.1, 0.15) is 5.82 Å². The molecule has 1 aliphatic rings. The van der Waals surface area contributed by atoms with E-state index in [-0.39, 0.29) is 0 Å². The van der Waals surface area contributed by atoms with Crippen LogP contribution in [0.15, 0.2) is 12.1 Å². The van der Waals surface area contributed by atoms with E-state index in [1.807, 2.05) is 0 Å². The lowest BCUT2D eigenvalue weighted by atomic mass is 10.2. The fraction of sp³-hybridized carbons (Fsp3) is 0.583. The van der Waals surface area contributed by atoms with Crippen molar-refractivity contribution in [2.75, 3.05) is 25.0 Å². The highest BCUT2D eigenvalue weighted by atomic mass is 15.0. The van der Waals surface area contributed by atoms with Gasteiger partial charge in [-0.2, -0.15) is 0 Å². The minimum atomic E-state index is 0.944. The number of aromatic nitrogens is 1. The van der Waals surface area contributed by atoms with Gasteiger partial charge in [0.2, 0.25) is 0 Å². The summed E-state index contributed by atoms with van der Waals surface area (Å²) in [4.78, 5) is 4.61. The molecule has 1 heterocycles. The van der Waals surface area contributed by atoms with Crippen LogP contribution in [0.1, 0.15) is 24.6 Å². The third-order valence-corrected chi connectivity index (χ3v) is 2.79. The third kappa shape index (κ3) is 2.69. The van der Waals surface area contributed by atoms with Crippen LogP contribution in [-0.2, 0) is 12.8 Å². The van der Waals surface area contributed by atoms with E-state index in [1.165, 1.54) is 24.1 Å². The van der Waals surface area contributed by atoms with Crippen LogP contribution in [0.2, 0.25) is 0 Å². The molecular formula is C12H19N3. The monoisotopic (exact) mass is 205 g/mol. The smallest absolute Gasteiger partial charge is 0.126 e. The van der Waals surface area contributed by atoms with Gasteiger partial charge in [-0.25, -0.2) is 4.98 Å². The highest BCUT2D eigenvalue weighted by molar-refractivity contribution is 5.40. The minimum Gasteiger partial charge on any atom is -0.369 e. The second-order valence-corrected chi connectivity index (χ2v) is 3.94. The van der Waals surface area contributed by atoms with Gasteiger partial charge in [0.25, 0.3) is 0 Å². The van der Waals surface area contributed by atoms with Crippen molar-refractivity contribution in [3.8, 4) is 0 Å².